The van der Waals surface area contributed by atoms with Crippen molar-refractivity contribution < 1.29 is 13.9 Å². The zero-order valence-corrected chi connectivity index (χ0v) is 13.0. The Morgan fingerprint density at radius 2 is 2.00 bits per heavy atom. The number of amides is 1. The molecule has 118 valence electrons. The first-order chi connectivity index (χ1) is 11.2. The third kappa shape index (κ3) is 3.31. The molecule has 6 heteroatoms. The van der Waals surface area contributed by atoms with E-state index in [-0.39, 0.29) is 11.7 Å². The molecule has 0 bridgehead atoms. The van der Waals surface area contributed by atoms with Gasteiger partial charge in [0, 0.05) is 13.1 Å². The summed E-state index contributed by atoms with van der Waals surface area (Å²) in [6, 6.07) is 10.9. The second-order valence-corrected chi connectivity index (χ2v) is 5.06. The number of para-hydroxylation sites is 2. The lowest BCUT2D eigenvalue weighted by molar-refractivity contribution is 0.0743. The number of nitrogens with zero attached hydrogens (tertiary/aromatic N) is 3. The molecule has 1 amide bonds. The molecule has 2 aromatic heterocycles. The second-order valence-electron chi connectivity index (χ2n) is 5.06. The summed E-state index contributed by atoms with van der Waals surface area (Å²) in [5.74, 6) is 0.352. The maximum Gasteiger partial charge on any atom is 0.289 e. The van der Waals surface area contributed by atoms with Crippen molar-refractivity contribution >= 4 is 16.9 Å². The summed E-state index contributed by atoms with van der Waals surface area (Å²) in [4.78, 5) is 22.8. The highest BCUT2D eigenvalue weighted by Crippen LogP contribution is 2.18. The predicted octanol–water partition coefficient (Wildman–Crippen LogP) is 2.89. The lowest BCUT2D eigenvalue weighted by Crippen LogP contribution is -2.26. The molecule has 0 atom stereocenters. The normalized spacial score (nSPS) is 10.7. The maximum absolute atomic E-state index is 12.4. The number of carbonyl (C=O) groups is 1. The molecule has 3 aromatic rings. The largest absolute Gasteiger partial charge is 0.465 e. The molecule has 0 saturated carbocycles. The Kier molecular flexibility index (Phi) is 4.23. The van der Waals surface area contributed by atoms with Crippen molar-refractivity contribution in [2.75, 3.05) is 13.7 Å². The minimum Gasteiger partial charge on any atom is -0.465 e. The van der Waals surface area contributed by atoms with Gasteiger partial charge in [0.05, 0.1) is 36.1 Å². The molecular formula is C17H17N3O3. The van der Waals surface area contributed by atoms with Crippen molar-refractivity contribution in [3.8, 4) is 5.95 Å². The van der Waals surface area contributed by atoms with Gasteiger partial charge in [0.15, 0.2) is 5.76 Å². The van der Waals surface area contributed by atoms with Crippen LogP contribution in [0.25, 0.3) is 11.0 Å². The Morgan fingerprint density at radius 1 is 1.22 bits per heavy atom. The highest BCUT2D eigenvalue weighted by molar-refractivity contribution is 5.91. The highest BCUT2D eigenvalue weighted by atomic mass is 16.6. The van der Waals surface area contributed by atoms with E-state index in [1.54, 1.807) is 25.4 Å². The Hall–Kier alpha value is -2.89. The second kappa shape index (κ2) is 6.48. The topological polar surface area (TPSA) is 68.5 Å². The Labute approximate surface area is 133 Å². The van der Waals surface area contributed by atoms with Gasteiger partial charge in [0.1, 0.15) is 0 Å². The lowest BCUT2D eigenvalue weighted by atomic mass is 10.3. The van der Waals surface area contributed by atoms with Gasteiger partial charge in [-0.1, -0.05) is 12.1 Å². The van der Waals surface area contributed by atoms with Crippen molar-refractivity contribution in [1.29, 1.82) is 0 Å². The van der Waals surface area contributed by atoms with Crippen LogP contribution in [-0.4, -0.2) is 34.4 Å². The van der Waals surface area contributed by atoms with Crippen molar-refractivity contribution in [2.24, 2.45) is 0 Å². The van der Waals surface area contributed by atoms with Crippen LogP contribution in [0.3, 0.4) is 0 Å². The van der Waals surface area contributed by atoms with Gasteiger partial charge in [0.2, 0.25) is 0 Å². The molecule has 0 saturated heterocycles. The lowest BCUT2D eigenvalue weighted by Gasteiger charge is -2.15. The van der Waals surface area contributed by atoms with E-state index in [4.69, 9.17) is 9.15 Å². The summed E-state index contributed by atoms with van der Waals surface area (Å²) in [7, 11) is 1.70. The first-order valence-corrected chi connectivity index (χ1v) is 7.36. The fourth-order valence-electron chi connectivity index (χ4n) is 2.23. The first kappa shape index (κ1) is 15.0. The molecule has 1 aromatic carbocycles. The Balaban J connectivity index is 1.73. The summed E-state index contributed by atoms with van der Waals surface area (Å²) < 4.78 is 10.6. The molecular weight excluding hydrogens is 294 g/mol. The van der Waals surface area contributed by atoms with Crippen LogP contribution in [0.2, 0.25) is 0 Å². The molecule has 0 spiro atoms. The summed E-state index contributed by atoms with van der Waals surface area (Å²) in [6.07, 6.45) is 1.68. The van der Waals surface area contributed by atoms with Gasteiger partial charge in [-0.25, -0.2) is 4.98 Å². The number of ether oxygens (including phenoxy) is 1. The van der Waals surface area contributed by atoms with Gasteiger partial charge < -0.3 is 14.1 Å². The molecule has 0 fully saturated rings. The van der Waals surface area contributed by atoms with Gasteiger partial charge >= 0.3 is 0 Å². The van der Waals surface area contributed by atoms with Crippen LogP contribution in [0, 0.1) is 0 Å². The first-order valence-electron chi connectivity index (χ1n) is 7.36. The van der Waals surface area contributed by atoms with Gasteiger partial charge in [-0.2, -0.15) is 0 Å². The number of hydrogen-bond donors (Lipinski definition) is 0. The van der Waals surface area contributed by atoms with Crippen LogP contribution in [0.5, 0.6) is 5.95 Å². The fourth-order valence-corrected chi connectivity index (χ4v) is 2.23. The molecule has 0 aliphatic carbocycles. The summed E-state index contributed by atoms with van der Waals surface area (Å²) in [5.41, 5.74) is 2.36. The van der Waals surface area contributed by atoms with Crippen LogP contribution in [0.1, 0.15) is 23.2 Å². The van der Waals surface area contributed by atoms with Crippen molar-refractivity contribution in [2.45, 2.75) is 13.5 Å². The molecule has 6 nitrogen and oxygen atoms in total. The number of aromatic nitrogens is 2. The van der Waals surface area contributed by atoms with E-state index in [9.17, 15) is 4.79 Å². The average molecular weight is 311 g/mol. The van der Waals surface area contributed by atoms with E-state index < -0.39 is 0 Å². The summed E-state index contributed by atoms with van der Waals surface area (Å²) in [6.45, 7) is 2.69. The number of furan rings is 1. The van der Waals surface area contributed by atoms with Crippen molar-refractivity contribution in [3.05, 3.63) is 54.0 Å². The molecule has 0 unspecified atom stereocenters. The van der Waals surface area contributed by atoms with Gasteiger partial charge in [0.25, 0.3) is 11.9 Å². The highest BCUT2D eigenvalue weighted by Gasteiger charge is 2.17. The van der Waals surface area contributed by atoms with Gasteiger partial charge in [-0.15, -0.1) is 0 Å². The van der Waals surface area contributed by atoms with Gasteiger partial charge in [-0.05, 0) is 25.1 Å². The maximum atomic E-state index is 12.4. The number of benzene rings is 1. The smallest absolute Gasteiger partial charge is 0.289 e. The van der Waals surface area contributed by atoms with E-state index >= 15 is 0 Å². The van der Waals surface area contributed by atoms with E-state index in [0.717, 1.165) is 16.7 Å². The zero-order chi connectivity index (χ0) is 16.2. The van der Waals surface area contributed by atoms with E-state index in [1.165, 1.54) is 4.90 Å². The minimum absolute atomic E-state index is 0.231. The number of rotatable bonds is 5. The molecule has 2 heterocycles. The van der Waals surface area contributed by atoms with Crippen LogP contribution < -0.4 is 4.74 Å². The quantitative estimate of drug-likeness (QED) is 0.724. The standard InChI is InChI=1S/C17H17N3O3/c1-3-22-16-9-8-15(23-16)17(21)20(2)11-12-10-18-13-6-4-5-7-14(13)19-12/h4-10H,3,11H2,1-2H3. The molecule has 0 radical (unpaired) electrons. The zero-order valence-electron chi connectivity index (χ0n) is 13.0. The molecule has 0 aliphatic rings. The predicted molar refractivity (Wildman–Crippen MR) is 85.2 cm³/mol. The van der Waals surface area contributed by atoms with Crippen LogP contribution in [-0.2, 0) is 6.54 Å². The van der Waals surface area contributed by atoms with E-state index in [0.29, 0.717) is 19.1 Å². The van der Waals surface area contributed by atoms with Crippen molar-refractivity contribution in [1.82, 2.24) is 14.9 Å². The van der Waals surface area contributed by atoms with Crippen LogP contribution in [0.15, 0.2) is 47.0 Å². The van der Waals surface area contributed by atoms with Crippen molar-refractivity contribution in [3.63, 3.8) is 0 Å². The third-order valence-electron chi connectivity index (χ3n) is 3.32. The summed E-state index contributed by atoms with van der Waals surface area (Å²) in [5, 5.41) is 0. The third-order valence-corrected chi connectivity index (χ3v) is 3.32. The molecule has 0 N–H and O–H groups in total. The van der Waals surface area contributed by atoms with E-state index in [1.807, 2.05) is 31.2 Å². The minimum atomic E-state index is -0.231. The van der Waals surface area contributed by atoms with Crippen LogP contribution in [0.4, 0.5) is 0 Å². The molecule has 3 rings (SSSR count). The van der Waals surface area contributed by atoms with E-state index in [2.05, 4.69) is 9.97 Å². The SMILES string of the molecule is CCOc1ccc(C(=O)N(C)Cc2cnc3ccccc3n2)o1. The molecule has 0 aliphatic heterocycles. The Morgan fingerprint density at radius 3 is 2.78 bits per heavy atom. The average Bonchev–Trinajstić information content (AvgIpc) is 3.03. The fraction of sp³-hybridized carbons (Fsp3) is 0.235. The molecule has 23 heavy (non-hydrogen) atoms. The summed E-state index contributed by atoms with van der Waals surface area (Å²) >= 11 is 0. The number of hydrogen-bond acceptors (Lipinski definition) is 5. The Bertz CT molecular complexity index is 829. The van der Waals surface area contributed by atoms with Gasteiger partial charge in [-0.3, -0.25) is 9.78 Å². The monoisotopic (exact) mass is 311 g/mol. The number of fused-ring (bicyclic) bond motifs is 1. The van der Waals surface area contributed by atoms with Crippen LogP contribution >= 0.6 is 0 Å². The number of carbonyl (C=O) groups excluding carboxylic acids is 1.